The molecule has 0 heterocycles. The summed E-state index contributed by atoms with van der Waals surface area (Å²) in [5, 5.41) is 3.14. The molecule has 0 aliphatic heterocycles. The molecule has 1 aliphatic carbocycles. The molecular weight excluding hydrogens is 550 g/mol. The van der Waals surface area contributed by atoms with Crippen LogP contribution in [0.15, 0.2) is 83.8 Å². The second-order valence-electron chi connectivity index (χ2n) is 10.7. The third-order valence-electron chi connectivity index (χ3n) is 7.57. The zero-order chi connectivity index (χ0) is 30.1. The topological polar surface area (TPSA) is 96.0 Å². The smallest absolute Gasteiger partial charge is 0.264 e. The number of nitrogens with one attached hydrogen (secondary N) is 1. The van der Waals surface area contributed by atoms with Crippen LogP contribution >= 0.6 is 0 Å². The molecule has 0 unspecified atom stereocenters. The summed E-state index contributed by atoms with van der Waals surface area (Å²) in [6.07, 6.45) is 4.39. The molecule has 2 amide bonds. The average Bonchev–Trinajstić information content (AvgIpc) is 3.50. The Morgan fingerprint density at radius 2 is 1.64 bits per heavy atom. The van der Waals surface area contributed by atoms with E-state index in [9.17, 15) is 18.0 Å². The van der Waals surface area contributed by atoms with Gasteiger partial charge < -0.3 is 15.0 Å². The van der Waals surface area contributed by atoms with Crippen LogP contribution in [-0.4, -0.2) is 50.4 Å². The number of ether oxygens (including phenoxy) is 1. The zero-order valence-electron chi connectivity index (χ0n) is 24.7. The Labute approximate surface area is 249 Å². The van der Waals surface area contributed by atoms with E-state index in [2.05, 4.69) is 5.32 Å². The van der Waals surface area contributed by atoms with Gasteiger partial charge in [0.2, 0.25) is 11.8 Å². The van der Waals surface area contributed by atoms with Crippen molar-refractivity contribution >= 4 is 27.5 Å². The van der Waals surface area contributed by atoms with Crippen molar-refractivity contribution in [1.82, 2.24) is 10.2 Å². The number of rotatable bonds is 13. The lowest BCUT2D eigenvalue weighted by Crippen LogP contribution is -2.53. The molecule has 0 radical (unpaired) electrons. The Morgan fingerprint density at radius 3 is 2.26 bits per heavy atom. The van der Waals surface area contributed by atoms with Crippen LogP contribution < -0.4 is 14.4 Å². The van der Waals surface area contributed by atoms with Crippen LogP contribution in [0, 0.1) is 6.92 Å². The van der Waals surface area contributed by atoms with E-state index in [1.807, 2.05) is 45.0 Å². The molecule has 42 heavy (non-hydrogen) atoms. The number of sulfonamides is 1. The third-order valence-corrected chi connectivity index (χ3v) is 9.36. The fourth-order valence-electron chi connectivity index (χ4n) is 5.42. The minimum atomic E-state index is -4.11. The lowest BCUT2D eigenvalue weighted by atomic mass is 10.1. The van der Waals surface area contributed by atoms with Crippen LogP contribution in [0.2, 0.25) is 0 Å². The van der Waals surface area contributed by atoms with Gasteiger partial charge in [-0.15, -0.1) is 0 Å². The standard InChI is InChI=1S/C33H41N3O5S/c1-4-31(33(38)34-27-14-9-10-15-27)35(23-26-13-11-12-25(3)22-26)32(37)24-36(28-18-20-29(21-19-28)41-5-2)42(39,40)30-16-7-6-8-17-30/h6-8,11-13,16-22,27,31H,4-5,9-10,14-15,23-24H2,1-3H3,(H,34,38)/t31-/m0/s1. The molecule has 1 fully saturated rings. The van der Waals surface area contributed by atoms with Gasteiger partial charge in [-0.25, -0.2) is 8.42 Å². The van der Waals surface area contributed by atoms with E-state index in [4.69, 9.17) is 4.74 Å². The highest BCUT2D eigenvalue weighted by molar-refractivity contribution is 7.92. The van der Waals surface area contributed by atoms with Crippen molar-refractivity contribution < 1.29 is 22.7 Å². The van der Waals surface area contributed by atoms with Crippen molar-refractivity contribution in [3.63, 3.8) is 0 Å². The Morgan fingerprint density at radius 1 is 0.952 bits per heavy atom. The largest absolute Gasteiger partial charge is 0.494 e. The summed E-state index contributed by atoms with van der Waals surface area (Å²) >= 11 is 0. The predicted octanol–water partition coefficient (Wildman–Crippen LogP) is 5.46. The Balaban J connectivity index is 1.70. The highest BCUT2D eigenvalue weighted by Crippen LogP contribution is 2.27. The quantitative estimate of drug-likeness (QED) is 0.285. The van der Waals surface area contributed by atoms with Gasteiger partial charge in [-0.05, 0) is 75.1 Å². The molecule has 8 nitrogen and oxygen atoms in total. The molecule has 3 aromatic rings. The third kappa shape index (κ3) is 7.70. The Hall–Kier alpha value is -3.85. The first-order chi connectivity index (χ1) is 20.2. The molecule has 0 bridgehead atoms. The molecule has 1 N–H and O–H groups in total. The fourth-order valence-corrected chi connectivity index (χ4v) is 6.85. The summed E-state index contributed by atoms with van der Waals surface area (Å²) in [7, 11) is -4.11. The van der Waals surface area contributed by atoms with Crippen molar-refractivity contribution in [1.29, 1.82) is 0 Å². The zero-order valence-corrected chi connectivity index (χ0v) is 25.5. The van der Waals surface area contributed by atoms with E-state index in [0.717, 1.165) is 41.1 Å². The number of carbonyl (C=O) groups excluding carboxylic acids is 2. The number of hydrogen-bond donors (Lipinski definition) is 1. The summed E-state index contributed by atoms with van der Waals surface area (Å²) in [6, 6.07) is 21.8. The number of carbonyl (C=O) groups is 2. The molecule has 0 aromatic heterocycles. The summed E-state index contributed by atoms with van der Waals surface area (Å²) in [6.45, 7) is 5.90. The normalized spacial score (nSPS) is 14.3. The highest BCUT2D eigenvalue weighted by Gasteiger charge is 2.34. The maximum atomic E-state index is 14.2. The summed E-state index contributed by atoms with van der Waals surface area (Å²) in [5.74, 6) is -0.0670. The minimum absolute atomic E-state index is 0.0722. The fraction of sp³-hybridized carbons (Fsp3) is 0.394. The monoisotopic (exact) mass is 591 g/mol. The van der Waals surface area contributed by atoms with Gasteiger partial charge in [-0.2, -0.15) is 0 Å². The maximum absolute atomic E-state index is 14.2. The van der Waals surface area contributed by atoms with Gasteiger partial charge in [0.15, 0.2) is 0 Å². The number of nitrogens with zero attached hydrogens (tertiary/aromatic N) is 2. The van der Waals surface area contributed by atoms with Crippen molar-refractivity contribution in [3.8, 4) is 5.75 Å². The number of amides is 2. The van der Waals surface area contributed by atoms with Gasteiger partial charge in [0.25, 0.3) is 10.0 Å². The molecule has 4 rings (SSSR count). The molecule has 0 saturated heterocycles. The van der Waals surface area contributed by atoms with E-state index >= 15 is 0 Å². The summed E-state index contributed by atoms with van der Waals surface area (Å²) in [4.78, 5) is 29.4. The van der Waals surface area contributed by atoms with Gasteiger partial charge >= 0.3 is 0 Å². The van der Waals surface area contributed by atoms with E-state index in [1.54, 1.807) is 42.5 Å². The van der Waals surface area contributed by atoms with Gasteiger partial charge in [-0.1, -0.05) is 67.8 Å². The Kier molecular flexibility index (Phi) is 10.6. The van der Waals surface area contributed by atoms with Crippen molar-refractivity contribution in [2.75, 3.05) is 17.5 Å². The summed E-state index contributed by atoms with van der Waals surface area (Å²) < 4.78 is 34.6. The molecule has 3 aromatic carbocycles. The van der Waals surface area contributed by atoms with E-state index in [0.29, 0.717) is 24.5 Å². The van der Waals surface area contributed by atoms with E-state index in [1.165, 1.54) is 17.0 Å². The van der Waals surface area contributed by atoms with Gasteiger partial charge in [0, 0.05) is 12.6 Å². The minimum Gasteiger partial charge on any atom is -0.494 e. The van der Waals surface area contributed by atoms with Crippen LogP contribution in [0.5, 0.6) is 5.75 Å². The van der Waals surface area contributed by atoms with Gasteiger partial charge in [0.1, 0.15) is 18.3 Å². The first-order valence-corrected chi connectivity index (χ1v) is 16.1. The van der Waals surface area contributed by atoms with Crippen molar-refractivity contribution in [3.05, 3.63) is 90.0 Å². The van der Waals surface area contributed by atoms with Crippen molar-refractivity contribution in [2.45, 2.75) is 76.4 Å². The molecule has 9 heteroatoms. The van der Waals surface area contributed by atoms with Crippen molar-refractivity contribution in [2.24, 2.45) is 0 Å². The first-order valence-electron chi connectivity index (χ1n) is 14.7. The SMILES string of the molecule is CCOc1ccc(N(CC(=O)N(Cc2cccc(C)c2)[C@@H](CC)C(=O)NC2CCCC2)S(=O)(=O)c2ccccc2)cc1. The second kappa shape index (κ2) is 14.4. The molecule has 1 aliphatic rings. The number of hydrogen-bond acceptors (Lipinski definition) is 5. The molecule has 224 valence electrons. The average molecular weight is 592 g/mol. The second-order valence-corrected chi connectivity index (χ2v) is 12.5. The number of aryl methyl sites for hydroxylation is 1. The van der Waals surface area contributed by atoms with Crippen LogP contribution in [0.4, 0.5) is 5.69 Å². The van der Waals surface area contributed by atoms with Gasteiger partial charge in [0.05, 0.1) is 17.2 Å². The molecular formula is C33H41N3O5S. The summed E-state index contributed by atoms with van der Waals surface area (Å²) in [5.41, 5.74) is 2.23. The van der Waals surface area contributed by atoms with Crippen LogP contribution in [0.3, 0.4) is 0 Å². The highest BCUT2D eigenvalue weighted by atomic mass is 32.2. The van der Waals surface area contributed by atoms with Crippen LogP contribution in [0.1, 0.15) is 57.1 Å². The molecule has 1 saturated carbocycles. The predicted molar refractivity (Wildman–Crippen MR) is 165 cm³/mol. The van der Waals surface area contributed by atoms with Crippen LogP contribution in [0.25, 0.3) is 0 Å². The van der Waals surface area contributed by atoms with E-state index in [-0.39, 0.29) is 23.4 Å². The number of anilines is 1. The Bertz CT molecular complexity index is 1440. The lowest BCUT2D eigenvalue weighted by molar-refractivity contribution is -0.140. The first kappa shape index (κ1) is 31.1. The molecule has 1 atom stereocenters. The van der Waals surface area contributed by atoms with Crippen LogP contribution in [-0.2, 0) is 26.2 Å². The lowest BCUT2D eigenvalue weighted by Gasteiger charge is -2.34. The van der Waals surface area contributed by atoms with E-state index < -0.39 is 28.5 Å². The maximum Gasteiger partial charge on any atom is 0.264 e. The number of benzene rings is 3. The molecule has 0 spiro atoms. The van der Waals surface area contributed by atoms with Gasteiger partial charge in [-0.3, -0.25) is 13.9 Å².